The number of rotatable bonds is 6. The maximum Gasteiger partial charge on any atom is 0.338 e. The molecule has 2 aliphatic rings. The number of pyridine rings is 5. The van der Waals surface area contributed by atoms with Crippen LogP contribution in [0, 0.1) is 4.84 Å². The molecule has 0 spiro atoms. The van der Waals surface area contributed by atoms with E-state index in [4.69, 9.17) is 45.6 Å². The number of amides is 1. The highest BCUT2D eigenvalue weighted by molar-refractivity contribution is 7.98. The molecule has 0 radical (unpaired) electrons. The van der Waals surface area contributed by atoms with Crippen LogP contribution in [0.1, 0.15) is 49.9 Å². The molecule has 0 bridgehead atoms. The standard InChI is InChI=1S/C17H15N3O3.C15H12N4O3.C7H6N2OS.C6H4N2OS.C5H6N2O.ClH/c1-2-22-16(21)12-5-3-4-11-9-20(10-13(11)12)17-19-14-8-18-7-6-15(14)23-17;20-14(18-21)10-3-1-2-9-7-19(8-11(9)10)15-17-12-6-16-5-4-13(12)22-15;1-11-7-9-5-4-8-3-2-6(5)10-7;10-6-8-4-3-7-2-1-5(4)9-6;6-4-3-7-2-1-5(4)8;/h3-8H,2,9-10H2,1H3;1-6,21H,7-8H2,(H,18,20);2-4H,1H3;1-3H,(H,8,10);1-3H,6H2,(H,7,8);1H. The van der Waals surface area contributed by atoms with Crippen molar-refractivity contribution in [2.45, 2.75) is 38.3 Å². The summed E-state index contributed by atoms with van der Waals surface area (Å²) in [7, 11) is 0. The molecule has 2 aromatic carbocycles. The van der Waals surface area contributed by atoms with E-state index in [0.29, 0.717) is 82.7 Å². The third-order valence-electron chi connectivity index (χ3n) is 11.1. The SMILES string of the molecule is CCOC(=O)c1cccc2c1CN(c1nc3cnccc3o1)C2.CSc1nc2cnccc2o1.Cl.Nc1c[nH]ccc1=O.O=C(NO)c1cccc2c1CN(c1nc3cnccc3o1)C2.S=c1[nH]c2cnccc2o1. The van der Waals surface area contributed by atoms with Crippen molar-refractivity contribution in [1.29, 1.82) is 0 Å². The zero-order valence-electron chi connectivity index (χ0n) is 39.7. The number of nitrogen functional groups attached to an aromatic ring is 1. The van der Waals surface area contributed by atoms with Gasteiger partial charge in [0.1, 0.15) is 22.1 Å². The normalized spacial score (nSPS) is 11.9. The molecule has 75 heavy (non-hydrogen) atoms. The van der Waals surface area contributed by atoms with Crippen LogP contribution in [-0.2, 0) is 30.9 Å². The smallest absolute Gasteiger partial charge is 0.338 e. The minimum atomic E-state index is -0.513. The van der Waals surface area contributed by atoms with Crippen LogP contribution < -0.4 is 26.4 Å². The van der Waals surface area contributed by atoms with Crippen LogP contribution in [0.15, 0.2) is 156 Å². The van der Waals surface area contributed by atoms with E-state index in [-0.39, 0.29) is 29.5 Å². The number of hydrogen-bond acceptors (Lipinski definition) is 21. The van der Waals surface area contributed by atoms with Gasteiger partial charge in [-0.3, -0.25) is 34.7 Å². The summed E-state index contributed by atoms with van der Waals surface area (Å²) in [5, 5.41) is 9.53. The maximum atomic E-state index is 12.1. The number of carbonyl (C=O) groups excluding carboxylic acids is 2. The molecule has 2 aliphatic heterocycles. The number of oxazole rings is 4. The summed E-state index contributed by atoms with van der Waals surface area (Å²) in [6.45, 7) is 4.50. The molecule has 6 N–H and O–H groups in total. The second kappa shape index (κ2) is 24.2. The van der Waals surface area contributed by atoms with Crippen LogP contribution in [0.3, 0.4) is 0 Å². The number of nitrogens with zero attached hydrogens (tertiary/aromatic N) is 9. The number of benzene rings is 2. The second-order valence-corrected chi connectivity index (χ2v) is 16.9. The number of halogens is 1. The molecule has 13 rings (SSSR count). The second-order valence-electron chi connectivity index (χ2n) is 15.8. The van der Waals surface area contributed by atoms with Crippen molar-refractivity contribution < 1.29 is 37.2 Å². The van der Waals surface area contributed by atoms with Gasteiger partial charge in [-0.05, 0) is 59.8 Å². The number of hydrogen-bond donors (Lipinski definition) is 5. The lowest BCUT2D eigenvalue weighted by molar-refractivity contribution is 0.0525. The quantitative estimate of drug-likeness (QED) is 0.0341. The van der Waals surface area contributed by atoms with Crippen molar-refractivity contribution in [3.05, 3.63) is 177 Å². The fourth-order valence-corrected chi connectivity index (χ4v) is 8.23. The van der Waals surface area contributed by atoms with Gasteiger partial charge in [-0.2, -0.15) is 9.97 Å². The predicted molar refractivity (Wildman–Crippen MR) is 283 cm³/mol. The lowest BCUT2D eigenvalue weighted by Gasteiger charge is -2.11. The Kier molecular flexibility index (Phi) is 16.9. The topological polar surface area (TPSA) is 300 Å². The Hall–Kier alpha value is -8.97. The average molecular weight is 1070 g/mol. The summed E-state index contributed by atoms with van der Waals surface area (Å²) >= 11 is 6.25. The monoisotopic (exact) mass is 1070 g/mol. The van der Waals surface area contributed by atoms with Gasteiger partial charge in [0, 0.05) is 99.3 Å². The number of esters is 1. The van der Waals surface area contributed by atoms with E-state index in [1.54, 1.807) is 105 Å². The summed E-state index contributed by atoms with van der Waals surface area (Å²) in [6.07, 6.45) is 18.3. The van der Waals surface area contributed by atoms with E-state index in [0.717, 1.165) is 50.0 Å². The fourth-order valence-electron chi connectivity index (χ4n) is 7.67. The number of hydroxylamine groups is 1. The first-order valence-electron chi connectivity index (χ1n) is 22.4. The summed E-state index contributed by atoms with van der Waals surface area (Å²) < 4.78 is 27.1. The lowest BCUT2D eigenvalue weighted by Crippen LogP contribution is -2.21. The van der Waals surface area contributed by atoms with Crippen molar-refractivity contribution >= 4 is 110 Å². The van der Waals surface area contributed by atoms with Gasteiger partial charge >= 0.3 is 5.97 Å². The summed E-state index contributed by atoms with van der Waals surface area (Å²) in [5.41, 5.74) is 18.0. The van der Waals surface area contributed by atoms with Crippen LogP contribution in [0.2, 0.25) is 0 Å². The summed E-state index contributed by atoms with van der Waals surface area (Å²) in [4.78, 5) is 73.1. The lowest BCUT2D eigenvalue weighted by atomic mass is 10.0. The molecule has 1 amide bonds. The molecule has 0 saturated carbocycles. The summed E-state index contributed by atoms with van der Waals surface area (Å²) in [5.74, 6) is -0.798. The molecule has 0 aliphatic carbocycles. The number of aromatic nitrogens is 9. The largest absolute Gasteiger partial charge is 0.462 e. The van der Waals surface area contributed by atoms with Crippen LogP contribution in [0.5, 0.6) is 0 Å². The Morgan fingerprint density at radius 3 is 1.76 bits per heavy atom. The molecular weight excluding hydrogens is 1030 g/mol. The Morgan fingerprint density at radius 2 is 1.27 bits per heavy atom. The van der Waals surface area contributed by atoms with Gasteiger partial charge in [-0.15, -0.1) is 12.4 Å². The predicted octanol–water partition coefficient (Wildman–Crippen LogP) is 8.99. The van der Waals surface area contributed by atoms with Gasteiger partial charge in [0.25, 0.3) is 28.0 Å². The van der Waals surface area contributed by atoms with Crippen LogP contribution in [0.25, 0.3) is 44.4 Å². The van der Waals surface area contributed by atoms with E-state index < -0.39 is 5.91 Å². The molecule has 11 aromatic rings. The Balaban J connectivity index is 0.000000132. The first-order chi connectivity index (χ1) is 36.1. The van der Waals surface area contributed by atoms with Crippen molar-refractivity contribution in [3.63, 3.8) is 0 Å². The van der Waals surface area contributed by atoms with Crippen LogP contribution in [0.4, 0.5) is 17.7 Å². The Morgan fingerprint density at radius 1 is 0.733 bits per heavy atom. The van der Waals surface area contributed by atoms with Crippen LogP contribution in [-0.4, -0.2) is 74.8 Å². The number of thioether (sulfide) groups is 1. The number of nitrogens with two attached hydrogens (primary N) is 1. The molecule has 0 saturated heterocycles. The molecule has 382 valence electrons. The minimum Gasteiger partial charge on any atom is -0.462 e. The van der Waals surface area contributed by atoms with Crippen molar-refractivity contribution in [3.8, 4) is 0 Å². The van der Waals surface area contributed by atoms with E-state index in [1.165, 1.54) is 24.0 Å². The number of carbonyl (C=O) groups is 2. The Bertz CT molecular complexity index is 3740. The van der Waals surface area contributed by atoms with E-state index in [1.807, 2.05) is 40.3 Å². The first kappa shape index (κ1) is 52.4. The van der Waals surface area contributed by atoms with Crippen molar-refractivity contribution in [1.82, 2.24) is 50.3 Å². The van der Waals surface area contributed by atoms with Gasteiger partial charge in [0.2, 0.25) is 5.43 Å². The number of fused-ring (bicyclic) bond motifs is 6. The molecule has 22 nitrogen and oxygen atoms in total. The van der Waals surface area contributed by atoms with E-state index in [9.17, 15) is 14.4 Å². The number of H-pyrrole nitrogens is 2. The molecule has 25 heteroatoms. The number of ether oxygens (including phenoxy) is 1. The molecule has 0 atom stereocenters. The Labute approximate surface area is 439 Å². The van der Waals surface area contributed by atoms with Gasteiger partial charge in [-0.25, -0.2) is 15.3 Å². The van der Waals surface area contributed by atoms with Crippen molar-refractivity contribution in [2.75, 3.05) is 28.4 Å². The van der Waals surface area contributed by atoms with Crippen LogP contribution >= 0.6 is 36.4 Å². The highest BCUT2D eigenvalue weighted by atomic mass is 35.5. The fraction of sp³-hybridized carbons (Fsp3) is 0.140. The molecule has 11 heterocycles. The molecule has 9 aromatic heterocycles. The first-order valence-corrected chi connectivity index (χ1v) is 24.1. The minimum absolute atomic E-state index is 0. The number of anilines is 3. The summed E-state index contributed by atoms with van der Waals surface area (Å²) in [6, 6.07) is 20.7. The highest BCUT2D eigenvalue weighted by Crippen LogP contribution is 2.33. The van der Waals surface area contributed by atoms with Gasteiger partial charge in [0.15, 0.2) is 22.3 Å². The van der Waals surface area contributed by atoms with Gasteiger partial charge < -0.3 is 47.9 Å². The number of aromatic amines is 2. The van der Waals surface area contributed by atoms with Crippen molar-refractivity contribution in [2.24, 2.45) is 0 Å². The molecule has 0 fully saturated rings. The molecule has 0 unspecified atom stereocenters. The third-order valence-corrected chi connectivity index (χ3v) is 11.8. The zero-order chi connectivity index (χ0) is 51.6. The molecular formula is C50H44ClN13O9S2. The van der Waals surface area contributed by atoms with Gasteiger partial charge in [0.05, 0.1) is 42.6 Å². The highest BCUT2D eigenvalue weighted by Gasteiger charge is 2.29. The zero-order valence-corrected chi connectivity index (χ0v) is 42.1. The van der Waals surface area contributed by atoms with E-state index >= 15 is 0 Å². The van der Waals surface area contributed by atoms with Gasteiger partial charge in [-0.1, -0.05) is 36.0 Å². The average Bonchev–Trinajstić information content (AvgIpc) is 4.30. The third kappa shape index (κ3) is 12.3. The maximum absolute atomic E-state index is 12.1. The van der Waals surface area contributed by atoms with E-state index in [2.05, 4.69) is 44.9 Å². The number of nitrogens with one attached hydrogen (secondary N) is 3.